The number of carbonyl (C=O) groups is 1. The van der Waals surface area contributed by atoms with Crippen LogP contribution in [0.5, 0.6) is 0 Å². The molecular weight excluding hydrogens is 420 g/mol. The largest absolute Gasteiger partial charge is 0.394 e. The molecule has 8 atom stereocenters. The van der Waals surface area contributed by atoms with E-state index in [-0.39, 0.29) is 31.3 Å². The van der Waals surface area contributed by atoms with Gasteiger partial charge in [-0.2, -0.15) is 0 Å². The molecule has 8 unspecified atom stereocenters. The summed E-state index contributed by atoms with van der Waals surface area (Å²) in [5.74, 6) is -0.368. The molecule has 2 rings (SSSR count). The minimum absolute atomic E-state index is 0.165. The molecule has 1 amide bonds. The molecule has 0 radical (unpaired) electrons. The van der Waals surface area contributed by atoms with Crippen molar-refractivity contribution in [1.82, 2.24) is 10.6 Å². The van der Waals surface area contributed by atoms with Crippen LogP contribution in [0.25, 0.3) is 0 Å². The van der Waals surface area contributed by atoms with E-state index in [0.717, 1.165) is 0 Å². The first-order chi connectivity index (χ1) is 15.3. The Morgan fingerprint density at radius 3 is 2.41 bits per heavy atom. The molecule has 2 aliphatic heterocycles. The molecule has 2 fully saturated rings. The third-order valence-electron chi connectivity index (χ3n) is 5.87. The number of hydrogen-bond donors (Lipinski definition) is 5. The molecule has 0 aromatic rings. The van der Waals surface area contributed by atoms with Gasteiger partial charge in [-0.15, -0.1) is 0 Å². The number of hydrogen-bond acceptors (Lipinski definition) is 9. The van der Waals surface area contributed by atoms with Crippen LogP contribution in [0.3, 0.4) is 0 Å². The second-order valence-corrected chi connectivity index (χ2v) is 8.37. The molecule has 2 aliphatic rings. The standard InChI is InChI=1S/C22H40N2O8/c1-5-14-15(26)9-20(31-18(14)12-25)32-21-16(27)10-19(29-6-2)30-17(21)11-23-7-8-24-22(28)13(3)4/h14-21,23,25-27H,3,5-12H2,1-2,4H3,(H,24,28). The summed E-state index contributed by atoms with van der Waals surface area (Å²) in [5, 5.41) is 36.8. The first kappa shape index (κ1) is 27.1. The van der Waals surface area contributed by atoms with Crippen molar-refractivity contribution in [3.8, 4) is 0 Å². The Kier molecular flexibility index (Phi) is 11.5. The number of rotatable bonds is 12. The number of carbonyl (C=O) groups excluding carboxylic acids is 1. The summed E-state index contributed by atoms with van der Waals surface area (Å²) in [6.45, 7) is 10.5. The highest BCUT2D eigenvalue weighted by Crippen LogP contribution is 2.32. The van der Waals surface area contributed by atoms with E-state index in [0.29, 0.717) is 38.2 Å². The molecule has 32 heavy (non-hydrogen) atoms. The lowest BCUT2D eigenvalue weighted by Crippen LogP contribution is -2.57. The van der Waals surface area contributed by atoms with E-state index in [9.17, 15) is 20.1 Å². The molecule has 2 saturated heterocycles. The predicted molar refractivity (Wildman–Crippen MR) is 117 cm³/mol. The summed E-state index contributed by atoms with van der Waals surface area (Å²) in [6, 6.07) is 0. The van der Waals surface area contributed by atoms with Gasteiger partial charge in [0.15, 0.2) is 12.6 Å². The van der Waals surface area contributed by atoms with E-state index in [1.54, 1.807) is 6.92 Å². The van der Waals surface area contributed by atoms with Gasteiger partial charge in [0.05, 0.1) is 24.9 Å². The summed E-state index contributed by atoms with van der Waals surface area (Å²) in [4.78, 5) is 11.6. The normalized spacial score (nSPS) is 35.4. The fourth-order valence-corrected chi connectivity index (χ4v) is 4.15. The molecule has 0 aromatic heterocycles. The first-order valence-corrected chi connectivity index (χ1v) is 11.5. The van der Waals surface area contributed by atoms with E-state index < -0.39 is 43.1 Å². The van der Waals surface area contributed by atoms with Gasteiger partial charge in [0, 0.05) is 50.6 Å². The third-order valence-corrected chi connectivity index (χ3v) is 5.87. The second-order valence-electron chi connectivity index (χ2n) is 8.37. The number of ether oxygens (including phenoxy) is 4. The zero-order valence-electron chi connectivity index (χ0n) is 19.4. The van der Waals surface area contributed by atoms with Crippen molar-refractivity contribution in [2.75, 3.05) is 32.8 Å². The van der Waals surface area contributed by atoms with Crippen LogP contribution in [0, 0.1) is 5.92 Å². The van der Waals surface area contributed by atoms with Gasteiger partial charge in [-0.1, -0.05) is 13.5 Å². The quantitative estimate of drug-likeness (QED) is 0.196. The maximum Gasteiger partial charge on any atom is 0.246 e. The van der Waals surface area contributed by atoms with Gasteiger partial charge in [-0.05, 0) is 20.3 Å². The van der Waals surface area contributed by atoms with Crippen LogP contribution in [-0.4, -0.2) is 97.2 Å². The highest BCUT2D eigenvalue weighted by atomic mass is 16.7. The molecule has 2 heterocycles. The lowest BCUT2D eigenvalue weighted by atomic mass is 9.89. The van der Waals surface area contributed by atoms with Crippen LogP contribution in [-0.2, 0) is 23.7 Å². The smallest absolute Gasteiger partial charge is 0.246 e. The monoisotopic (exact) mass is 460 g/mol. The number of nitrogens with one attached hydrogen (secondary N) is 2. The molecule has 10 heteroatoms. The zero-order chi connectivity index (χ0) is 23.7. The predicted octanol–water partition coefficient (Wildman–Crippen LogP) is -0.340. The summed E-state index contributed by atoms with van der Waals surface area (Å²) in [5.41, 5.74) is 0.443. The van der Waals surface area contributed by atoms with Gasteiger partial charge in [-0.25, -0.2) is 0 Å². The van der Waals surface area contributed by atoms with E-state index >= 15 is 0 Å². The van der Waals surface area contributed by atoms with Crippen LogP contribution < -0.4 is 10.6 Å². The fourth-order valence-electron chi connectivity index (χ4n) is 4.15. The van der Waals surface area contributed by atoms with Crippen molar-refractivity contribution in [2.45, 2.75) is 83.1 Å². The van der Waals surface area contributed by atoms with Gasteiger partial charge >= 0.3 is 0 Å². The maximum atomic E-state index is 11.6. The zero-order valence-corrected chi connectivity index (χ0v) is 19.4. The average Bonchev–Trinajstić information content (AvgIpc) is 2.75. The number of amides is 1. The number of aliphatic hydroxyl groups excluding tert-OH is 3. The maximum absolute atomic E-state index is 11.6. The van der Waals surface area contributed by atoms with Crippen LogP contribution in [0.15, 0.2) is 12.2 Å². The van der Waals surface area contributed by atoms with Crippen LogP contribution in [0.4, 0.5) is 0 Å². The average molecular weight is 461 g/mol. The lowest BCUT2D eigenvalue weighted by molar-refractivity contribution is -0.312. The Morgan fingerprint density at radius 1 is 1.09 bits per heavy atom. The Morgan fingerprint density at radius 2 is 1.78 bits per heavy atom. The fraction of sp³-hybridized carbons (Fsp3) is 0.864. The van der Waals surface area contributed by atoms with Crippen molar-refractivity contribution >= 4 is 5.91 Å². The Balaban J connectivity index is 1.95. The highest BCUT2D eigenvalue weighted by molar-refractivity contribution is 5.92. The summed E-state index contributed by atoms with van der Waals surface area (Å²) >= 11 is 0. The minimum atomic E-state index is -0.854. The Bertz CT molecular complexity index is 592. The van der Waals surface area contributed by atoms with Crippen molar-refractivity contribution in [1.29, 1.82) is 0 Å². The molecule has 0 aromatic carbocycles. The van der Waals surface area contributed by atoms with E-state index in [2.05, 4.69) is 17.2 Å². The van der Waals surface area contributed by atoms with E-state index in [4.69, 9.17) is 18.9 Å². The van der Waals surface area contributed by atoms with Crippen molar-refractivity contribution in [3.63, 3.8) is 0 Å². The SMILES string of the molecule is C=C(C)C(=O)NCCNCC1OC(OCC)CC(O)C1OC1CC(O)C(CC)C(CO)O1. The van der Waals surface area contributed by atoms with E-state index in [1.165, 1.54) is 0 Å². The van der Waals surface area contributed by atoms with E-state index in [1.807, 2.05) is 13.8 Å². The van der Waals surface area contributed by atoms with Gasteiger partial charge < -0.3 is 44.9 Å². The third kappa shape index (κ3) is 7.74. The summed E-state index contributed by atoms with van der Waals surface area (Å²) in [7, 11) is 0. The molecule has 0 saturated carbocycles. The first-order valence-electron chi connectivity index (χ1n) is 11.5. The van der Waals surface area contributed by atoms with Crippen molar-refractivity contribution in [3.05, 3.63) is 12.2 Å². The highest BCUT2D eigenvalue weighted by Gasteiger charge is 2.43. The van der Waals surface area contributed by atoms with Gasteiger partial charge in [-0.3, -0.25) is 4.79 Å². The number of aliphatic hydroxyl groups is 3. The molecule has 0 aliphatic carbocycles. The van der Waals surface area contributed by atoms with Crippen LogP contribution in [0.1, 0.15) is 40.0 Å². The summed E-state index contributed by atoms with van der Waals surface area (Å²) < 4.78 is 23.5. The molecule has 186 valence electrons. The van der Waals surface area contributed by atoms with Crippen molar-refractivity contribution < 1.29 is 39.1 Å². The Labute approximate surface area is 190 Å². The van der Waals surface area contributed by atoms with Crippen LogP contribution in [0.2, 0.25) is 0 Å². The molecule has 0 bridgehead atoms. The molecular formula is C22H40N2O8. The molecule has 0 spiro atoms. The molecule has 5 N–H and O–H groups in total. The Hall–Kier alpha value is -1.11. The van der Waals surface area contributed by atoms with Crippen molar-refractivity contribution in [2.24, 2.45) is 5.92 Å². The lowest BCUT2D eigenvalue weighted by Gasteiger charge is -2.44. The van der Waals surface area contributed by atoms with Gasteiger partial charge in [0.1, 0.15) is 12.2 Å². The van der Waals surface area contributed by atoms with Gasteiger partial charge in [0.25, 0.3) is 0 Å². The van der Waals surface area contributed by atoms with Crippen LogP contribution >= 0.6 is 0 Å². The molecule has 10 nitrogen and oxygen atoms in total. The second kappa shape index (κ2) is 13.6. The minimum Gasteiger partial charge on any atom is -0.394 e. The topological polar surface area (TPSA) is 139 Å². The summed E-state index contributed by atoms with van der Waals surface area (Å²) in [6.07, 6.45) is -3.44. The van der Waals surface area contributed by atoms with Gasteiger partial charge in [0.2, 0.25) is 5.91 Å².